The largest absolute Gasteiger partial charge is 0.497 e. The van der Waals surface area contributed by atoms with Gasteiger partial charge >= 0.3 is 0 Å². The molecule has 0 bridgehead atoms. The molecule has 6 rings (SSSR count). The van der Waals surface area contributed by atoms with Crippen LogP contribution in [0.4, 0.5) is 0 Å². The van der Waals surface area contributed by atoms with Gasteiger partial charge in [0.2, 0.25) is 0 Å². The molecule has 0 amide bonds. The molecule has 0 atom stereocenters. The number of para-hydroxylation sites is 2. The van der Waals surface area contributed by atoms with Crippen LogP contribution >= 0.6 is 0 Å². The predicted molar refractivity (Wildman–Crippen MR) is 266 cm³/mol. The summed E-state index contributed by atoms with van der Waals surface area (Å²) in [6.07, 6.45) is 9.15. The molecule has 6 aromatic carbocycles. The standard InChI is InChI=1S/C16H24O.C14H12O2.C10H10O2.C9H10O2.C8H10O2/c1-3-4-5-6-7-8-9-15-10-12-16(13-11-15)14(2)17;1-9(15)11-3-5-14-8-12(10(2)16)4-6-13(14)7-11;1-7(11)9-3-5-10(6-4-9)8(2)12;1-7(10)8-3-5-9(11-2)6-4-8;1-9-7-5-3-4-6-8(7)10-2/h10-13H,3-9H2,1-2H3;3-8H,1-2H3;3-6H,1-2H3;3-6H,1-2H3;3-6H,1-2H3. The first-order valence-corrected chi connectivity index (χ1v) is 22.1. The number of fused-ring (bicyclic) bond motifs is 1. The molecule has 0 saturated carbocycles. The number of ketones is 6. The maximum atomic E-state index is 11.2. The number of hydrogen-bond acceptors (Lipinski definition) is 9. The Hall–Kier alpha value is -7.00. The molecule has 0 radical (unpaired) electrons. The molecule has 0 heterocycles. The van der Waals surface area contributed by atoms with Gasteiger partial charge in [0.25, 0.3) is 0 Å². The van der Waals surface area contributed by atoms with E-state index in [4.69, 9.17) is 14.2 Å². The molecule has 6 aromatic rings. The van der Waals surface area contributed by atoms with E-state index in [1.54, 1.807) is 110 Å². The second-order valence-corrected chi connectivity index (χ2v) is 15.5. The Morgan fingerprint density at radius 1 is 0.364 bits per heavy atom. The molecule has 0 aliphatic carbocycles. The SMILES string of the molecule is CC(=O)c1ccc(C(C)=O)cc1.CC(=O)c1ccc2cc(C(C)=O)ccc2c1.CCCCCCCCc1ccc(C(C)=O)cc1.COc1ccc(C(C)=O)cc1.COc1ccccc1OC. The van der Waals surface area contributed by atoms with E-state index in [0.717, 1.165) is 40.0 Å². The Kier molecular flexibility index (Phi) is 25.2. The highest BCUT2D eigenvalue weighted by molar-refractivity contribution is 6.02. The van der Waals surface area contributed by atoms with Crippen LogP contribution in [0.5, 0.6) is 17.2 Å². The maximum Gasteiger partial charge on any atom is 0.160 e. The summed E-state index contributed by atoms with van der Waals surface area (Å²) < 4.78 is 15.0. The van der Waals surface area contributed by atoms with E-state index in [2.05, 4.69) is 19.1 Å². The van der Waals surface area contributed by atoms with Crippen molar-refractivity contribution in [2.24, 2.45) is 0 Å². The number of carbonyl (C=O) groups excluding carboxylic acids is 6. The average molecular weight is 895 g/mol. The van der Waals surface area contributed by atoms with E-state index in [9.17, 15) is 28.8 Å². The smallest absolute Gasteiger partial charge is 0.160 e. The van der Waals surface area contributed by atoms with Crippen molar-refractivity contribution in [2.75, 3.05) is 21.3 Å². The minimum Gasteiger partial charge on any atom is -0.497 e. The highest BCUT2D eigenvalue weighted by Crippen LogP contribution is 2.25. The van der Waals surface area contributed by atoms with Gasteiger partial charge in [-0.2, -0.15) is 0 Å². The minimum atomic E-state index is 0.0186. The fourth-order valence-electron chi connectivity index (χ4n) is 6.25. The zero-order chi connectivity index (χ0) is 49.0. The van der Waals surface area contributed by atoms with Crippen molar-refractivity contribution >= 4 is 45.5 Å². The molecule has 66 heavy (non-hydrogen) atoms. The molecule has 0 fully saturated rings. The first-order chi connectivity index (χ1) is 31.5. The van der Waals surface area contributed by atoms with Gasteiger partial charge in [-0.05, 0) is 119 Å². The Morgan fingerprint density at radius 3 is 1.02 bits per heavy atom. The van der Waals surface area contributed by atoms with Gasteiger partial charge in [0.05, 0.1) is 21.3 Å². The first kappa shape index (κ1) is 55.1. The fourth-order valence-corrected chi connectivity index (χ4v) is 6.25. The third kappa shape index (κ3) is 20.2. The van der Waals surface area contributed by atoms with Crippen LogP contribution in [0.3, 0.4) is 0 Å². The van der Waals surface area contributed by atoms with E-state index in [1.165, 1.54) is 57.9 Å². The van der Waals surface area contributed by atoms with Crippen molar-refractivity contribution in [2.45, 2.75) is 93.4 Å². The molecule has 0 aliphatic rings. The number of carbonyl (C=O) groups is 6. The fraction of sp³-hybridized carbons (Fsp3) is 0.298. The first-order valence-electron chi connectivity index (χ1n) is 22.1. The van der Waals surface area contributed by atoms with Crippen molar-refractivity contribution in [3.8, 4) is 17.2 Å². The van der Waals surface area contributed by atoms with Crippen LogP contribution in [0.25, 0.3) is 10.8 Å². The van der Waals surface area contributed by atoms with Gasteiger partial charge < -0.3 is 14.2 Å². The van der Waals surface area contributed by atoms with Crippen molar-refractivity contribution in [3.05, 3.63) is 172 Å². The van der Waals surface area contributed by atoms with E-state index in [1.807, 2.05) is 60.7 Å². The zero-order valence-corrected chi connectivity index (χ0v) is 40.3. The number of unbranched alkanes of at least 4 members (excludes halogenated alkanes) is 5. The number of aryl methyl sites for hydroxylation is 1. The zero-order valence-electron chi connectivity index (χ0n) is 40.3. The predicted octanol–water partition coefficient (Wildman–Crippen LogP) is 13.7. The molecule has 0 N–H and O–H groups in total. The molecular weight excluding hydrogens is 829 g/mol. The third-order valence-corrected chi connectivity index (χ3v) is 10.3. The molecule has 0 spiro atoms. The maximum absolute atomic E-state index is 11.2. The summed E-state index contributed by atoms with van der Waals surface area (Å²) in [6.45, 7) is 11.5. The second kappa shape index (κ2) is 30.2. The molecule has 0 aromatic heterocycles. The summed E-state index contributed by atoms with van der Waals surface area (Å²) in [5.74, 6) is 2.68. The van der Waals surface area contributed by atoms with Crippen molar-refractivity contribution in [1.82, 2.24) is 0 Å². The van der Waals surface area contributed by atoms with Crippen molar-refractivity contribution in [3.63, 3.8) is 0 Å². The molecule has 9 nitrogen and oxygen atoms in total. The summed E-state index contributed by atoms with van der Waals surface area (Å²) in [5, 5.41) is 1.97. The molecule has 0 saturated heterocycles. The van der Waals surface area contributed by atoms with Crippen LogP contribution in [0.1, 0.15) is 155 Å². The lowest BCUT2D eigenvalue weighted by Gasteiger charge is -2.04. The molecule has 9 heteroatoms. The highest BCUT2D eigenvalue weighted by Gasteiger charge is 2.05. The topological polar surface area (TPSA) is 130 Å². The summed E-state index contributed by atoms with van der Waals surface area (Å²) >= 11 is 0. The number of benzene rings is 6. The van der Waals surface area contributed by atoms with Crippen LogP contribution in [0.15, 0.2) is 133 Å². The van der Waals surface area contributed by atoms with Gasteiger partial charge in [-0.15, -0.1) is 0 Å². The number of hydrogen-bond donors (Lipinski definition) is 0. The quantitative estimate of drug-likeness (QED) is 0.0688. The van der Waals surface area contributed by atoms with E-state index in [-0.39, 0.29) is 34.7 Å². The lowest BCUT2D eigenvalue weighted by atomic mass is 10.0. The lowest BCUT2D eigenvalue weighted by molar-refractivity contribution is 0.100. The van der Waals surface area contributed by atoms with Gasteiger partial charge in [-0.1, -0.05) is 124 Å². The minimum absolute atomic E-state index is 0.0186. The molecule has 0 unspecified atom stereocenters. The van der Waals surface area contributed by atoms with Crippen LogP contribution in [0.2, 0.25) is 0 Å². The van der Waals surface area contributed by atoms with E-state index < -0.39 is 0 Å². The second-order valence-electron chi connectivity index (χ2n) is 15.5. The number of ether oxygens (including phenoxy) is 3. The van der Waals surface area contributed by atoms with Gasteiger partial charge in [0, 0.05) is 33.4 Å². The Bertz CT molecular complexity index is 2360. The number of rotatable bonds is 16. The van der Waals surface area contributed by atoms with Crippen LogP contribution in [0, 0.1) is 0 Å². The van der Waals surface area contributed by atoms with Gasteiger partial charge in [-0.25, -0.2) is 0 Å². The molecular formula is C57H66O9. The summed E-state index contributed by atoms with van der Waals surface area (Å²) in [5.41, 5.74) is 5.55. The normalized spacial score (nSPS) is 9.85. The Morgan fingerprint density at radius 2 is 0.682 bits per heavy atom. The van der Waals surface area contributed by atoms with Crippen LogP contribution < -0.4 is 14.2 Å². The van der Waals surface area contributed by atoms with Gasteiger partial charge in [0.1, 0.15) is 5.75 Å². The van der Waals surface area contributed by atoms with Crippen LogP contribution in [-0.2, 0) is 6.42 Å². The molecule has 0 aliphatic heterocycles. The van der Waals surface area contributed by atoms with Gasteiger partial charge in [-0.3, -0.25) is 28.8 Å². The van der Waals surface area contributed by atoms with Crippen molar-refractivity contribution < 1.29 is 43.0 Å². The highest BCUT2D eigenvalue weighted by atomic mass is 16.5. The Balaban J connectivity index is 0.000000288. The van der Waals surface area contributed by atoms with Crippen LogP contribution in [-0.4, -0.2) is 56.0 Å². The van der Waals surface area contributed by atoms with Gasteiger partial charge in [0.15, 0.2) is 46.2 Å². The van der Waals surface area contributed by atoms with Crippen molar-refractivity contribution in [1.29, 1.82) is 0 Å². The molecule has 348 valence electrons. The van der Waals surface area contributed by atoms with E-state index >= 15 is 0 Å². The summed E-state index contributed by atoms with van der Waals surface area (Å²) in [6, 6.07) is 40.3. The lowest BCUT2D eigenvalue weighted by Crippen LogP contribution is -1.95. The van der Waals surface area contributed by atoms with E-state index in [0.29, 0.717) is 27.8 Å². The Labute approximate surface area is 391 Å². The average Bonchev–Trinajstić information content (AvgIpc) is 3.33. The summed E-state index contributed by atoms with van der Waals surface area (Å²) in [4.78, 5) is 66.0. The monoisotopic (exact) mass is 894 g/mol. The number of methoxy groups -OCH3 is 3. The summed E-state index contributed by atoms with van der Waals surface area (Å²) in [7, 11) is 4.85. The number of Topliss-reactive ketones (excluding diaryl/α,β-unsaturated/α-hetero) is 6. The third-order valence-electron chi connectivity index (χ3n) is 10.3.